The Bertz CT molecular complexity index is 1190. The van der Waals surface area contributed by atoms with Gasteiger partial charge in [-0.3, -0.25) is 4.79 Å². The molecule has 9 heteroatoms. The summed E-state index contributed by atoms with van der Waals surface area (Å²) in [6.45, 7) is 5.79. The van der Waals surface area contributed by atoms with Crippen LogP contribution in [0.25, 0.3) is 10.2 Å². The van der Waals surface area contributed by atoms with E-state index in [1.807, 2.05) is 35.1 Å². The Hall–Kier alpha value is -2.20. The quantitative estimate of drug-likeness (QED) is 0.504. The minimum absolute atomic E-state index is 0.143. The number of thiophene rings is 1. The van der Waals surface area contributed by atoms with Crippen LogP contribution < -0.4 is 0 Å². The van der Waals surface area contributed by atoms with E-state index in [1.54, 1.807) is 30.4 Å². The Morgan fingerprint density at radius 1 is 1.19 bits per heavy atom. The monoisotopic (exact) mass is 462 g/mol. The van der Waals surface area contributed by atoms with Gasteiger partial charge in [-0.15, -0.1) is 11.3 Å². The van der Waals surface area contributed by atoms with Gasteiger partial charge in [0.25, 0.3) is 0 Å². The molecule has 2 aromatic heterocycles. The first kappa shape index (κ1) is 22.0. The second-order valence-corrected chi connectivity index (χ2v) is 10.2. The number of fused-ring (bicyclic) bond motifs is 1. The van der Waals surface area contributed by atoms with Crippen molar-refractivity contribution in [3.8, 4) is 0 Å². The average Bonchev–Trinajstić information content (AvgIpc) is 3.33. The van der Waals surface area contributed by atoms with Crippen molar-refractivity contribution in [1.82, 2.24) is 8.87 Å². The maximum Gasteiger partial charge on any atom is 0.325 e. The van der Waals surface area contributed by atoms with Crippen molar-refractivity contribution in [3.63, 3.8) is 0 Å². The van der Waals surface area contributed by atoms with Crippen LogP contribution in [0.1, 0.15) is 23.7 Å². The van der Waals surface area contributed by atoms with Crippen LogP contribution >= 0.6 is 11.3 Å². The van der Waals surface area contributed by atoms with E-state index in [-0.39, 0.29) is 12.5 Å². The fourth-order valence-corrected chi connectivity index (χ4v) is 6.63. The molecule has 1 saturated heterocycles. The summed E-state index contributed by atoms with van der Waals surface area (Å²) in [7, 11) is -3.61. The highest BCUT2D eigenvalue weighted by molar-refractivity contribution is 7.89. The van der Waals surface area contributed by atoms with Gasteiger partial charge in [0.05, 0.1) is 24.7 Å². The summed E-state index contributed by atoms with van der Waals surface area (Å²) >= 11 is 1.57. The van der Waals surface area contributed by atoms with Gasteiger partial charge in [-0.1, -0.05) is 18.2 Å². The predicted octanol–water partition coefficient (Wildman–Crippen LogP) is 3.19. The standard InChI is InChI=1S/C22H26N2O5S2/c1-3-29-21(25)15-24-16(2)19(18-8-13-30-22(18)24)14-17-6-4-5-7-20(17)31(26,27)23-9-11-28-12-10-23/h4-8,13H,3,9-12,14-15H2,1-2H3. The number of nitrogens with zero attached hydrogens (tertiary/aromatic N) is 2. The molecule has 3 heterocycles. The molecule has 0 aliphatic carbocycles. The molecule has 0 atom stereocenters. The van der Waals surface area contributed by atoms with Crippen LogP contribution in [0.3, 0.4) is 0 Å². The topological polar surface area (TPSA) is 77.8 Å². The van der Waals surface area contributed by atoms with E-state index in [4.69, 9.17) is 9.47 Å². The number of esters is 1. The largest absolute Gasteiger partial charge is 0.465 e. The number of sulfonamides is 1. The van der Waals surface area contributed by atoms with Gasteiger partial charge >= 0.3 is 5.97 Å². The number of rotatable bonds is 7. The summed E-state index contributed by atoms with van der Waals surface area (Å²) in [6, 6.07) is 9.20. The Balaban J connectivity index is 1.72. The summed E-state index contributed by atoms with van der Waals surface area (Å²) in [5.41, 5.74) is 2.73. The van der Waals surface area contributed by atoms with E-state index in [9.17, 15) is 13.2 Å². The number of ether oxygens (including phenoxy) is 2. The van der Waals surface area contributed by atoms with Gasteiger partial charge in [0.2, 0.25) is 10.0 Å². The van der Waals surface area contributed by atoms with E-state index >= 15 is 0 Å². The Morgan fingerprint density at radius 3 is 2.68 bits per heavy atom. The van der Waals surface area contributed by atoms with E-state index in [2.05, 4.69) is 0 Å². The van der Waals surface area contributed by atoms with Gasteiger partial charge in [-0.2, -0.15) is 4.31 Å². The van der Waals surface area contributed by atoms with Crippen molar-refractivity contribution in [2.24, 2.45) is 0 Å². The van der Waals surface area contributed by atoms with Gasteiger partial charge in [-0.05, 0) is 42.5 Å². The summed E-state index contributed by atoms with van der Waals surface area (Å²) in [6.07, 6.45) is 0.467. The van der Waals surface area contributed by atoms with E-state index < -0.39 is 10.0 Å². The van der Waals surface area contributed by atoms with Crippen LogP contribution in [-0.4, -0.2) is 56.2 Å². The SMILES string of the molecule is CCOC(=O)Cn1c(C)c(Cc2ccccc2S(=O)(=O)N2CCOCC2)c2ccsc21. The van der Waals surface area contributed by atoms with Gasteiger partial charge in [-0.25, -0.2) is 8.42 Å². The lowest BCUT2D eigenvalue weighted by Gasteiger charge is -2.27. The summed E-state index contributed by atoms with van der Waals surface area (Å²) < 4.78 is 40.6. The third-order valence-electron chi connectivity index (χ3n) is 5.58. The molecule has 0 spiro atoms. The van der Waals surface area contributed by atoms with Crippen molar-refractivity contribution in [2.45, 2.75) is 31.7 Å². The van der Waals surface area contributed by atoms with Crippen LogP contribution in [0.4, 0.5) is 0 Å². The van der Waals surface area contributed by atoms with E-state index in [1.165, 1.54) is 4.31 Å². The van der Waals surface area contributed by atoms with Crippen molar-refractivity contribution in [3.05, 3.63) is 52.5 Å². The minimum Gasteiger partial charge on any atom is -0.465 e. The molecule has 0 bridgehead atoms. The van der Waals surface area contributed by atoms with Crippen molar-refractivity contribution in [1.29, 1.82) is 0 Å². The third kappa shape index (κ3) is 4.27. The van der Waals surface area contributed by atoms with Crippen LogP contribution in [-0.2, 0) is 37.3 Å². The van der Waals surface area contributed by atoms with E-state index in [0.29, 0.717) is 44.2 Å². The number of hydrogen-bond acceptors (Lipinski definition) is 6. The second kappa shape index (κ2) is 9.12. The van der Waals surface area contributed by atoms with E-state index in [0.717, 1.165) is 27.0 Å². The molecule has 0 amide bonds. The van der Waals surface area contributed by atoms with Gasteiger partial charge in [0.15, 0.2) is 0 Å². The summed E-state index contributed by atoms with van der Waals surface area (Å²) in [4.78, 5) is 13.5. The van der Waals surface area contributed by atoms with Crippen molar-refractivity contribution < 1.29 is 22.7 Å². The minimum atomic E-state index is -3.61. The lowest BCUT2D eigenvalue weighted by molar-refractivity contribution is -0.143. The highest BCUT2D eigenvalue weighted by Gasteiger charge is 2.29. The van der Waals surface area contributed by atoms with Gasteiger partial charge in [0, 0.05) is 30.6 Å². The summed E-state index contributed by atoms with van der Waals surface area (Å²) in [5.74, 6) is -0.280. The molecular formula is C22H26N2O5S2. The first-order valence-electron chi connectivity index (χ1n) is 10.3. The molecule has 0 N–H and O–H groups in total. The van der Waals surface area contributed by atoms with Crippen LogP contribution in [0.15, 0.2) is 40.6 Å². The second-order valence-electron chi connectivity index (χ2n) is 7.40. The molecule has 0 saturated carbocycles. The molecule has 3 aromatic rings. The third-order valence-corrected chi connectivity index (χ3v) is 8.51. The molecule has 7 nitrogen and oxygen atoms in total. The van der Waals surface area contributed by atoms with Crippen LogP contribution in [0.2, 0.25) is 0 Å². The van der Waals surface area contributed by atoms with Crippen molar-refractivity contribution >= 4 is 37.5 Å². The zero-order valence-electron chi connectivity index (χ0n) is 17.7. The number of aromatic nitrogens is 1. The number of carbonyl (C=O) groups is 1. The van der Waals surface area contributed by atoms with Gasteiger partial charge < -0.3 is 14.0 Å². The first-order chi connectivity index (χ1) is 14.9. The number of carbonyl (C=O) groups excluding carboxylic acids is 1. The maximum absolute atomic E-state index is 13.3. The molecule has 166 valence electrons. The molecule has 1 fully saturated rings. The zero-order chi connectivity index (χ0) is 22.0. The fraction of sp³-hybridized carbons (Fsp3) is 0.409. The maximum atomic E-state index is 13.3. The molecule has 1 aliphatic rings. The number of benzene rings is 1. The van der Waals surface area contributed by atoms with Crippen LogP contribution in [0, 0.1) is 6.92 Å². The smallest absolute Gasteiger partial charge is 0.325 e. The Kier molecular flexibility index (Phi) is 6.47. The molecular weight excluding hydrogens is 436 g/mol. The number of morpholine rings is 1. The van der Waals surface area contributed by atoms with Crippen molar-refractivity contribution in [2.75, 3.05) is 32.9 Å². The lowest BCUT2D eigenvalue weighted by atomic mass is 10.0. The molecule has 1 aliphatic heterocycles. The first-order valence-corrected chi connectivity index (χ1v) is 12.6. The molecule has 31 heavy (non-hydrogen) atoms. The number of hydrogen-bond donors (Lipinski definition) is 0. The Morgan fingerprint density at radius 2 is 1.94 bits per heavy atom. The lowest BCUT2D eigenvalue weighted by Crippen LogP contribution is -2.40. The Labute approximate surface area is 186 Å². The zero-order valence-corrected chi connectivity index (χ0v) is 19.3. The molecule has 4 rings (SSSR count). The van der Waals surface area contributed by atoms with Gasteiger partial charge in [0.1, 0.15) is 11.4 Å². The highest BCUT2D eigenvalue weighted by atomic mass is 32.2. The molecule has 0 unspecified atom stereocenters. The highest BCUT2D eigenvalue weighted by Crippen LogP contribution is 2.33. The summed E-state index contributed by atoms with van der Waals surface area (Å²) in [5, 5.41) is 3.04. The molecule has 0 radical (unpaired) electrons. The van der Waals surface area contributed by atoms with Crippen LogP contribution in [0.5, 0.6) is 0 Å². The molecule has 1 aromatic carbocycles. The normalized spacial score (nSPS) is 15.4. The predicted molar refractivity (Wildman–Crippen MR) is 120 cm³/mol. The fourth-order valence-electron chi connectivity index (χ4n) is 4.02. The average molecular weight is 463 g/mol.